The standard InChI is InChI=1S/C25H27N7OS/c1-34-18-10-6-16(7-11-18)14-22(33)20-4-2-12-31(20)25-27-24(21-5-3-13-32(21)30-25)26-23-15-19(28-29-23)17-8-9-17/h3,5-7,10-11,13,15,17,20H,2,4,8-9,12,14H2,1H3,(H2,26,27,28,29,30)/t20-/m0/s1. The molecule has 8 nitrogen and oxygen atoms in total. The number of thioether (sulfide) groups is 1. The first kappa shape index (κ1) is 21.2. The number of aromatic nitrogens is 5. The van der Waals surface area contributed by atoms with Gasteiger partial charge in [-0.3, -0.25) is 9.89 Å². The number of fused-ring (bicyclic) bond motifs is 1. The Kier molecular flexibility index (Phi) is 5.49. The molecule has 2 fully saturated rings. The SMILES string of the molecule is CSc1ccc(CC(=O)[C@@H]2CCCN2c2nc(Nc3cc(C4CC4)[nH]n3)c3cccn3n2)cc1. The number of benzene rings is 1. The van der Waals surface area contributed by atoms with Crippen LogP contribution in [0.25, 0.3) is 5.52 Å². The lowest BCUT2D eigenvalue weighted by Gasteiger charge is -2.24. The molecule has 2 aliphatic rings. The average Bonchev–Trinajstić information content (AvgIpc) is 3.24. The first-order chi connectivity index (χ1) is 16.7. The summed E-state index contributed by atoms with van der Waals surface area (Å²) in [4.78, 5) is 21.4. The number of nitrogens with zero attached hydrogens (tertiary/aromatic N) is 5. The van der Waals surface area contributed by atoms with E-state index >= 15 is 0 Å². The van der Waals surface area contributed by atoms with Gasteiger partial charge in [0.05, 0.1) is 6.04 Å². The first-order valence-electron chi connectivity index (χ1n) is 11.8. The van der Waals surface area contributed by atoms with Gasteiger partial charge in [0.25, 0.3) is 0 Å². The molecule has 1 atom stereocenters. The summed E-state index contributed by atoms with van der Waals surface area (Å²) in [5.41, 5.74) is 3.08. The smallest absolute Gasteiger partial charge is 0.246 e. The van der Waals surface area contributed by atoms with Crippen LogP contribution in [0.15, 0.2) is 53.6 Å². The number of H-pyrrole nitrogens is 1. The van der Waals surface area contributed by atoms with Crippen LogP contribution in [0.2, 0.25) is 0 Å². The van der Waals surface area contributed by atoms with E-state index in [1.165, 1.54) is 23.4 Å². The number of rotatable bonds is 8. The molecule has 1 saturated carbocycles. The Bertz CT molecular complexity index is 1320. The molecule has 3 aromatic heterocycles. The van der Waals surface area contributed by atoms with Crippen LogP contribution in [-0.2, 0) is 11.2 Å². The van der Waals surface area contributed by atoms with Crippen LogP contribution in [0.3, 0.4) is 0 Å². The summed E-state index contributed by atoms with van der Waals surface area (Å²) in [5, 5.41) is 15.7. The fraction of sp³-hybridized carbons (Fsp3) is 0.360. The molecule has 9 heteroatoms. The largest absolute Gasteiger partial charge is 0.329 e. The summed E-state index contributed by atoms with van der Waals surface area (Å²) in [7, 11) is 0. The van der Waals surface area contributed by atoms with Crippen molar-refractivity contribution < 1.29 is 4.79 Å². The lowest BCUT2D eigenvalue weighted by Crippen LogP contribution is -2.38. The zero-order valence-corrected chi connectivity index (χ0v) is 19.9. The molecule has 1 aliphatic heterocycles. The van der Waals surface area contributed by atoms with Crippen molar-refractivity contribution in [1.29, 1.82) is 0 Å². The van der Waals surface area contributed by atoms with Crippen molar-refractivity contribution in [3.8, 4) is 0 Å². The second-order valence-electron chi connectivity index (χ2n) is 9.05. The number of hydrogen-bond acceptors (Lipinski definition) is 7. The number of aromatic amines is 1. The Morgan fingerprint density at radius 2 is 2.06 bits per heavy atom. The zero-order valence-electron chi connectivity index (χ0n) is 19.1. The highest BCUT2D eigenvalue weighted by Gasteiger charge is 2.33. The second-order valence-corrected chi connectivity index (χ2v) is 9.93. The van der Waals surface area contributed by atoms with Gasteiger partial charge in [-0.2, -0.15) is 10.1 Å². The minimum Gasteiger partial charge on any atom is -0.329 e. The maximum atomic E-state index is 13.3. The molecule has 0 radical (unpaired) electrons. The number of carbonyl (C=O) groups excluding carboxylic acids is 1. The van der Waals surface area contributed by atoms with Crippen molar-refractivity contribution in [1.82, 2.24) is 24.8 Å². The fourth-order valence-electron chi connectivity index (χ4n) is 4.67. The van der Waals surface area contributed by atoms with Gasteiger partial charge in [0.15, 0.2) is 17.4 Å². The van der Waals surface area contributed by atoms with E-state index in [9.17, 15) is 4.79 Å². The Labute approximate surface area is 202 Å². The predicted molar refractivity (Wildman–Crippen MR) is 134 cm³/mol. The quantitative estimate of drug-likeness (QED) is 0.362. The number of ketones is 1. The third-order valence-corrected chi connectivity index (χ3v) is 7.40. The van der Waals surface area contributed by atoms with Gasteiger partial charge in [-0.1, -0.05) is 12.1 Å². The van der Waals surface area contributed by atoms with Gasteiger partial charge in [-0.15, -0.1) is 16.9 Å². The third-order valence-electron chi connectivity index (χ3n) is 6.66. The van der Waals surface area contributed by atoms with Gasteiger partial charge < -0.3 is 10.2 Å². The van der Waals surface area contributed by atoms with Crippen LogP contribution in [0.5, 0.6) is 0 Å². The van der Waals surface area contributed by atoms with Gasteiger partial charge in [0, 0.05) is 41.7 Å². The molecule has 4 aromatic rings. The molecular weight excluding hydrogens is 446 g/mol. The molecular formula is C25H27N7OS. The van der Waals surface area contributed by atoms with Crippen LogP contribution in [0, 0.1) is 0 Å². The number of hydrogen-bond donors (Lipinski definition) is 2. The van der Waals surface area contributed by atoms with Crippen LogP contribution in [-0.4, -0.2) is 49.4 Å². The van der Waals surface area contributed by atoms with Crippen LogP contribution in [0.4, 0.5) is 17.6 Å². The van der Waals surface area contributed by atoms with E-state index in [1.807, 2.05) is 35.0 Å². The molecule has 0 unspecified atom stereocenters. The highest BCUT2D eigenvalue weighted by atomic mass is 32.2. The lowest BCUT2D eigenvalue weighted by molar-refractivity contribution is -0.119. The van der Waals surface area contributed by atoms with E-state index in [-0.39, 0.29) is 11.8 Å². The van der Waals surface area contributed by atoms with E-state index in [1.54, 1.807) is 11.8 Å². The van der Waals surface area contributed by atoms with Crippen LogP contribution >= 0.6 is 11.8 Å². The van der Waals surface area contributed by atoms with Crippen molar-refractivity contribution >= 4 is 40.6 Å². The van der Waals surface area contributed by atoms with E-state index in [4.69, 9.17) is 10.1 Å². The van der Waals surface area contributed by atoms with Crippen molar-refractivity contribution in [3.63, 3.8) is 0 Å². The van der Waals surface area contributed by atoms with Gasteiger partial charge >= 0.3 is 0 Å². The lowest BCUT2D eigenvalue weighted by atomic mass is 10.0. The molecule has 0 bridgehead atoms. The molecule has 1 aliphatic carbocycles. The van der Waals surface area contributed by atoms with Crippen LogP contribution in [0.1, 0.15) is 42.9 Å². The number of nitrogens with one attached hydrogen (secondary N) is 2. The van der Waals surface area contributed by atoms with E-state index in [2.05, 4.69) is 44.9 Å². The molecule has 6 rings (SSSR count). The topological polar surface area (TPSA) is 91.2 Å². The average molecular weight is 474 g/mol. The van der Waals surface area contributed by atoms with Gasteiger partial charge in [-0.05, 0) is 61.8 Å². The fourth-order valence-corrected chi connectivity index (χ4v) is 5.07. The highest BCUT2D eigenvalue weighted by Crippen LogP contribution is 2.39. The minimum absolute atomic E-state index is 0.210. The molecule has 1 saturated heterocycles. The van der Waals surface area contributed by atoms with E-state index < -0.39 is 0 Å². The molecule has 1 aromatic carbocycles. The summed E-state index contributed by atoms with van der Waals surface area (Å²) >= 11 is 1.70. The summed E-state index contributed by atoms with van der Waals surface area (Å²) in [5.74, 6) is 2.82. The summed E-state index contributed by atoms with van der Waals surface area (Å²) < 4.78 is 1.82. The number of anilines is 3. The van der Waals surface area contributed by atoms with E-state index in [0.29, 0.717) is 24.1 Å². The van der Waals surface area contributed by atoms with Gasteiger partial charge in [0.1, 0.15) is 5.52 Å². The third kappa shape index (κ3) is 4.16. The van der Waals surface area contributed by atoms with Gasteiger partial charge in [0.2, 0.25) is 5.95 Å². The summed E-state index contributed by atoms with van der Waals surface area (Å²) in [6.45, 7) is 0.766. The Balaban J connectivity index is 1.25. The molecule has 174 valence electrons. The first-order valence-corrected chi connectivity index (χ1v) is 13.0. The Morgan fingerprint density at radius 1 is 1.21 bits per heavy atom. The van der Waals surface area contributed by atoms with Crippen molar-refractivity contribution in [2.75, 3.05) is 23.0 Å². The van der Waals surface area contributed by atoms with Crippen molar-refractivity contribution in [3.05, 3.63) is 59.9 Å². The molecule has 34 heavy (non-hydrogen) atoms. The number of carbonyl (C=O) groups is 1. The Hall–Kier alpha value is -3.33. The molecule has 0 amide bonds. The van der Waals surface area contributed by atoms with E-state index in [0.717, 1.165) is 36.3 Å². The van der Waals surface area contributed by atoms with Crippen molar-refractivity contribution in [2.24, 2.45) is 0 Å². The minimum atomic E-state index is -0.215. The van der Waals surface area contributed by atoms with Crippen molar-refractivity contribution in [2.45, 2.75) is 49.0 Å². The summed E-state index contributed by atoms with van der Waals surface area (Å²) in [6, 6.07) is 14.0. The van der Waals surface area contributed by atoms with Gasteiger partial charge in [-0.25, -0.2) is 4.52 Å². The van der Waals surface area contributed by atoms with Crippen LogP contribution < -0.4 is 10.2 Å². The maximum Gasteiger partial charge on any atom is 0.246 e. The summed E-state index contributed by atoms with van der Waals surface area (Å²) in [6.07, 6.45) is 8.58. The predicted octanol–water partition coefficient (Wildman–Crippen LogP) is 4.58. The highest BCUT2D eigenvalue weighted by molar-refractivity contribution is 7.98. The monoisotopic (exact) mass is 473 g/mol. The molecule has 2 N–H and O–H groups in total. The number of Topliss-reactive ketones (excluding diaryl/α,β-unsaturated/α-hetero) is 1. The molecule has 0 spiro atoms. The molecule has 4 heterocycles. The maximum absolute atomic E-state index is 13.3. The normalized spacial score (nSPS) is 18.0. The Morgan fingerprint density at radius 3 is 2.85 bits per heavy atom. The zero-order chi connectivity index (χ0) is 23.1. The second kappa shape index (κ2) is 8.79.